The zero-order valence-corrected chi connectivity index (χ0v) is 14.1. The maximum absolute atomic E-state index is 13.7. The number of hydrogen-bond donors (Lipinski definition) is 1. The number of benzene rings is 1. The third kappa shape index (κ3) is 3.62. The molecular formula is C13H14BrF2N3OS. The summed E-state index contributed by atoms with van der Waals surface area (Å²) in [4.78, 5) is 7.01. The predicted molar refractivity (Wildman–Crippen MR) is 84.4 cm³/mol. The van der Waals surface area contributed by atoms with E-state index in [4.69, 9.17) is 4.74 Å². The van der Waals surface area contributed by atoms with Crippen LogP contribution in [0.15, 0.2) is 16.6 Å². The fourth-order valence-electron chi connectivity index (χ4n) is 1.62. The van der Waals surface area contributed by atoms with E-state index >= 15 is 0 Å². The molecule has 0 atom stereocenters. The molecule has 0 aliphatic rings. The third-order valence-electron chi connectivity index (χ3n) is 2.68. The minimum atomic E-state index is -0.646. The summed E-state index contributed by atoms with van der Waals surface area (Å²) in [6.07, 6.45) is 0. The fraction of sp³-hybridized carbons (Fsp3) is 0.308. The maximum Gasteiger partial charge on any atom is 0.231 e. The second-order valence-electron chi connectivity index (χ2n) is 4.42. The van der Waals surface area contributed by atoms with Gasteiger partial charge in [0.15, 0.2) is 5.13 Å². The highest BCUT2D eigenvalue weighted by atomic mass is 79.9. The monoisotopic (exact) mass is 377 g/mol. The lowest BCUT2D eigenvalue weighted by atomic mass is 10.3. The molecule has 0 spiro atoms. The fourth-order valence-corrected chi connectivity index (χ4v) is 2.86. The average Bonchev–Trinajstić information content (AvgIpc) is 2.85. The van der Waals surface area contributed by atoms with Gasteiger partial charge in [0.25, 0.3) is 0 Å². The van der Waals surface area contributed by atoms with E-state index in [0.29, 0.717) is 12.4 Å². The molecular weight excluding hydrogens is 364 g/mol. The summed E-state index contributed by atoms with van der Waals surface area (Å²) >= 11 is 4.48. The van der Waals surface area contributed by atoms with E-state index in [2.05, 4.69) is 26.2 Å². The van der Waals surface area contributed by atoms with E-state index < -0.39 is 11.6 Å². The van der Waals surface area contributed by atoms with Crippen molar-refractivity contribution in [3.8, 4) is 5.88 Å². The van der Waals surface area contributed by atoms with Gasteiger partial charge in [-0.1, -0.05) is 11.3 Å². The van der Waals surface area contributed by atoms with Crippen LogP contribution in [0.2, 0.25) is 0 Å². The Bertz CT molecular complexity index is 649. The van der Waals surface area contributed by atoms with Crippen molar-refractivity contribution in [1.29, 1.82) is 0 Å². The van der Waals surface area contributed by atoms with Crippen LogP contribution in [0.4, 0.5) is 19.6 Å². The highest BCUT2D eigenvalue weighted by Gasteiger charge is 2.14. The summed E-state index contributed by atoms with van der Waals surface area (Å²) in [7, 11) is 5.30. The Labute approximate surface area is 133 Å². The van der Waals surface area contributed by atoms with Gasteiger partial charge in [0.2, 0.25) is 5.88 Å². The highest BCUT2D eigenvalue weighted by molar-refractivity contribution is 9.10. The Kier molecular flexibility index (Phi) is 5.00. The Morgan fingerprint density at radius 1 is 1.33 bits per heavy atom. The number of methoxy groups -OCH3 is 1. The van der Waals surface area contributed by atoms with Gasteiger partial charge in [-0.3, -0.25) is 0 Å². The molecule has 114 valence electrons. The summed E-state index contributed by atoms with van der Waals surface area (Å²) in [5, 5.41) is 3.72. The largest absolute Gasteiger partial charge is 0.480 e. The van der Waals surface area contributed by atoms with Crippen molar-refractivity contribution in [1.82, 2.24) is 4.98 Å². The van der Waals surface area contributed by atoms with Crippen LogP contribution in [0, 0.1) is 11.6 Å². The first-order valence-electron chi connectivity index (χ1n) is 6.01. The lowest BCUT2D eigenvalue weighted by Crippen LogP contribution is -2.07. The maximum atomic E-state index is 13.7. The molecule has 2 rings (SSSR count). The predicted octanol–water partition coefficient (Wildman–Crippen LogP) is 3.87. The van der Waals surface area contributed by atoms with E-state index in [1.54, 1.807) is 0 Å². The SMILES string of the molecule is COc1nc(N(C)C)sc1CNc1cc(Br)c(F)cc1F. The van der Waals surface area contributed by atoms with Crippen molar-refractivity contribution >= 4 is 38.1 Å². The molecule has 0 aliphatic carbocycles. The van der Waals surface area contributed by atoms with Crippen LogP contribution in [0.5, 0.6) is 5.88 Å². The number of hydrogen-bond acceptors (Lipinski definition) is 5. The quantitative estimate of drug-likeness (QED) is 0.802. The molecule has 8 heteroatoms. The van der Waals surface area contributed by atoms with Crippen LogP contribution in [-0.2, 0) is 6.54 Å². The van der Waals surface area contributed by atoms with Gasteiger partial charge in [-0.05, 0) is 22.0 Å². The Morgan fingerprint density at radius 3 is 2.67 bits per heavy atom. The van der Waals surface area contributed by atoms with Crippen molar-refractivity contribution in [2.45, 2.75) is 6.54 Å². The number of halogens is 3. The zero-order chi connectivity index (χ0) is 15.6. The second-order valence-corrected chi connectivity index (χ2v) is 6.34. The molecule has 0 unspecified atom stereocenters. The van der Waals surface area contributed by atoms with Crippen molar-refractivity contribution < 1.29 is 13.5 Å². The zero-order valence-electron chi connectivity index (χ0n) is 11.7. The molecule has 0 saturated heterocycles. The van der Waals surface area contributed by atoms with Gasteiger partial charge in [-0.2, -0.15) is 4.98 Å². The van der Waals surface area contributed by atoms with Crippen LogP contribution >= 0.6 is 27.3 Å². The molecule has 0 radical (unpaired) electrons. The van der Waals surface area contributed by atoms with E-state index in [-0.39, 0.29) is 10.2 Å². The molecule has 1 N–H and O–H groups in total. The van der Waals surface area contributed by atoms with Gasteiger partial charge in [-0.15, -0.1) is 0 Å². The van der Waals surface area contributed by atoms with Gasteiger partial charge in [-0.25, -0.2) is 8.78 Å². The molecule has 0 bridgehead atoms. The minimum absolute atomic E-state index is 0.205. The molecule has 1 heterocycles. The van der Waals surface area contributed by atoms with E-state index in [1.165, 1.54) is 24.5 Å². The van der Waals surface area contributed by atoms with Crippen LogP contribution in [-0.4, -0.2) is 26.2 Å². The summed E-state index contributed by atoms with van der Waals surface area (Å²) in [5.74, 6) is -0.784. The Balaban J connectivity index is 2.18. The van der Waals surface area contributed by atoms with E-state index in [0.717, 1.165) is 16.1 Å². The number of aromatic nitrogens is 1. The van der Waals surface area contributed by atoms with Crippen molar-refractivity contribution in [3.05, 3.63) is 33.1 Å². The van der Waals surface area contributed by atoms with Gasteiger partial charge in [0, 0.05) is 20.2 Å². The number of nitrogens with zero attached hydrogens (tertiary/aromatic N) is 2. The number of ether oxygens (including phenoxy) is 1. The minimum Gasteiger partial charge on any atom is -0.480 e. The van der Waals surface area contributed by atoms with Gasteiger partial charge in [0.1, 0.15) is 11.6 Å². The third-order valence-corrected chi connectivity index (χ3v) is 4.49. The summed E-state index contributed by atoms with van der Waals surface area (Å²) < 4.78 is 32.3. The number of nitrogens with one attached hydrogen (secondary N) is 1. The van der Waals surface area contributed by atoms with Crippen molar-refractivity contribution in [2.75, 3.05) is 31.4 Å². The summed E-state index contributed by atoms with van der Waals surface area (Å²) in [5.41, 5.74) is 0.213. The highest BCUT2D eigenvalue weighted by Crippen LogP contribution is 2.31. The van der Waals surface area contributed by atoms with E-state index in [9.17, 15) is 8.78 Å². The van der Waals surface area contributed by atoms with Gasteiger partial charge in [0.05, 0.1) is 28.7 Å². The number of thiazole rings is 1. The smallest absolute Gasteiger partial charge is 0.231 e. The van der Waals surface area contributed by atoms with Crippen LogP contribution in [0.1, 0.15) is 4.88 Å². The summed E-state index contributed by atoms with van der Waals surface area (Å²) in [6.45, 7) is 0.337. The summed E-state index contributed by atoms with van der Waals surface area (Å²) in [6, 6.07) is 2.20. The van der Waals surface area contributed by atoms with Crippen molar-refractivity contribution in [2.24, 2.45) is 0 Å². The molecule has 0 amide bonds. The molecule has 0 fully saturated rings. The Hall–Kier alpha value is -1.41. The first-order chi connectivity index (χ1) is 9.92. The van der Waals surface area contributed by atoms with Crippen LogP contribution in [0.3, 0.4) is 0 Å². The number of rotatable bonds is 5. The lowest BCUT2D eigenvalue weighted by molar-refractivity contribution is 0.397. The topological polar surface area (TPSA) is 37.4 Å². The molecule has 0 saturated carbocycles. The molecule has 2 aromatic rings. The van der Waals surface area contributed by atoms with E-state index in [1.807, 2.05) is 19.0 Å². The molecule has 1 aromatic heterocycles. The molecule has 1 aromatic carbocycles. The molecule has 21 heavy (non-hydrogen) atoms. The van der Waals surface area contributed by atoms with Crippen molar-refractivity contribution in [3.63, 3.8) is 0 Å². The lowest BCUT2D eigenvalue weighted by Gasteiger charge is -2.08. The second kappa shape index (κ2) is 6.57. The normalized spacial score (nSPS) is 10.6. The molecule has 0 aliphatic heterocycles. The van der Waals surface area contributed by atoms with Crippen LogP contribution in [0.25, 0.3) is 0 Å². The Morgan fingerprint density at radius 2 is 2.05 bits per heavy atom. The first-order valence-corrected chi connectivity index (χ1v) is 7.62. The van der Waals surface area contributed by atoms with Gasteiger partial charge >= 0.3 is 0 Å². The standard InChI is InChI=1S/C13H14BrF2N3OS/c1-19(2)13-18-12(20-3)11(21-13)6-17-10-4-7(14)8(15)5-9(10)16/h4-5,17H,6H2,1-3H3. The van der Waals surface area contributed by atoms with Gasteiger partial charge < -0.3 is 15.0 Å². The first kappa shape index (κ1) is 16.0. The number of anilines is 2. The average molecular weight is 378 g/mol. The molecule has 4 nitrogen and oxygen atoms in total. The van der Waals surface area contributed by atoms with Crippen LogP contribution < -0.4 is 15.0 Å².